The predicted octanol–water partition coefficient (Wildman–Crippen LogP) is 3.77. The van der Waals surface area contributed by atoms with E-state index in [4.69, 9.17) is 35.2 Å². The molecule has 0 saturated carbocycles. The Labute approximate surface area is 188 Å². The van der Waals surface area contributed by atoms with Crippen molar-refractivity contribution in [2.75, 3.05) is 97.1 Å². The largest absolute Gasteiger partial charge is 0.677 e. The summed E-state index contributed by atoms with van der Waals surface area (Å²) in [6.07, 6.45) is 1.54. The van der Waals surface area contributed by atoms with Gasteiger partial charge in [-0.2, -0.15) is 0 Å². The van der Waals surface area contributed by atoms with E-state index in [0.29, 0.717) is 79.2 Å². The van der Waals surface area contributed by atoms with Crippen molar-refractivity contribution in [2.45, 2.75) is 19.8 Å². The molecule has 2 N–H and O–H groups in total. The highest BCUT2D eigenvalue weighted by molar-refractivity contribution is 5.48. The number of ether oxygens (including phenoxy) is 5. The van der Waals surface area contributed by atoms with Crippen molar-refractivity contribution >= 4 is 5.69 Å². The maximum Gasteiger partial charge on any atom is 0.0701 e. The van der Waals surface area contributed by atoms with Crippen molar-refractivity contribution in [2.24, 2.45) is 0 Å². The molecule has 0 unspecified atom stereocenters. The normalized spacial score (nSPS) is 11.2. The molecule has 0 aromatic heterocycles. The third kappa shape index (κ3) is 16.1. The van der Waals surface area contributed by atoms with E-state index < -0.39 is 0 Å². The number of rotatable bonds is 22. The van der Waals surface area contributed by atoms with Crippen LogP contribution in [-0.2, 0) is 23.7 Å². The van der Waals surface area contributed by atoms with Crippen molar-refractivity contribution in [3.05, 3.63) is 41.3 Å². The first-order chi connectivity index (χ1) is 15.3. The van der Waals surface area contributed by atoms with Crippen LogP contribution in [-0.4, -0.2) is 92.2 Å². The van der Waals surface area contributed by atoms with Gasteiger partial charge in [-0.15, -0.1) is 13.1 Å². The summed E-state index contributed by atoms with van der Waals surface area (Å²) in [5.41, 5.74) is 16.5. The lowest BCUT2D eigenvalue weighted by atomic mass is 10.2. The molecule has 0 heterocycles. The molecule has 0 bridgehead atoms. The van der Waals surface area contributed by atoms with Crippen LogP contribution in [0, 0.1) is 6.92 Å². The lowest BCUT2D eigenvalue weighted by molar-refractivity contribution is 0.0156. The van der Waals surface area contributed by atoms with Crippen LogP contribution < -0.4 is 4.90 Å². The molecule has 1 aromatic rings. The fourth-order valence-electron chi connectivity index (χ4n) is 2.76. The van der Waals surface area contributed by atoms with Gasteiger partial charge in [0.2, 0.25) is 0 Å². The van der Waals surface area contributed by atoms with E-state index in [1.165, 1.54) is 11.3 Å². The summed E-state index contributed by atoms with van der Waals surface area (Å²) < 4.78 is 27.7. The first kappa shape index (κ1) is 27.8. The summed E-state index contributed by atoms with van der Waals surface area (Å²) in [7, 11) is 0. The first-order valence-electron chi connectivity index (χ1n) is 11.3. The minimum absolute atomic E-state index is 0.405. The van der Waals surface area contributed by atoms with Crippen molar-refractivity contribution in [3.63, 3.8) is 0 Å². The maximum atomic E-state index is 7.09. The minimum atomic E-state index is 0.405. The Kier molecular flexibility index (Phi) is 18.5. The van der Waals surface area contributed by atoms with E-state index in [2.05, 4.69) is 36.1 Å². The van der Waals surface area contributed by atoms with E-state index >= 15 is 0 Å². The number of anilines is 1. The Balaban J connectivity index is 2.18. The molecule has 0 aliphatic carbocycles. The lowest BCUT2D eigenvalue weighted by Gasteiger charge is -2.25. The molecule has 8 nitrogen and oxygen atoms in total. The highest BCUT2D eigenvalue weighted by Crippen LogP contribution is 2.15. The summed E-state index contributed by atoms with van der Waals surface area (Å²) >= 11 is 0. The van der Waals surface area contributed by atoms with Gasteiger partial charge in [0.1, 0.15) is 0 Å². The molecule has 0 amide bonds. The lowest BCUT2D eigenvalue weighted by Crippen LogP contribution is -2.31. The molecular formula is C23H41N3O5-2. The number of benzene rings is 1. The number of hydrogen-bond donors (Lipinski definition) is 0. The van der Waals surface area contributed by atoms with Crippen LogP contribution in [0.15, 0.2) is 24.3 Å². The first-order valence-corrected chi connectivity index (χ1v) is 11.3. The molecule has 0 saturated heterocycles. The molecule has 31 heavy (non-hydrogen) atoms. The quantitative estimate of drug-likeness (QED) is 0.255. The van der Waals surface area contributed by atoms with Gasteiger partial charge in [0.25, 0.3) is 0 Å². The Morgan fingerprint density at radius 3 is 1.55 bits per heavy atom. The van der Waals surface area contributed by atoms with E-state index in [9.17, 15) is 0 Å². The zero-order chi connectivity index (χ0) is 22.4. The third-order valence-corrected chi connectivity index (χ3v) is 4.42. The van der Waals surface area contributed by atoms with Crippen LogP contribution in [0.4, 0.5) is 5.69 Å². The van der Waals surface area contributed by atoms with Crippen LogP contribution in [0.25, 0.3) is 11.5 Å². The van der Waals surface area contributed by atoms with E-state index in [0.717, 1.165) is 25.9 Å². The number of aryl methyl sites for hydroxylation is 1. The van der Waals surface area contributed by atoms with Crippen molar-refractivity contribution < 1.29 is 23.7 Å². The Bertz CT molecular complexity index is 522. The second-order valence-electron chi connectivity index (χ2n) is 7.10. The Morgan fingerprint density at radius 1 is 0.645 bits per heavy atom. The van der Waals surface area contributed by atoms with E-state index in [-0.39, 0.29) is 0 Å². The van der Waals surface area contributed by atoms with Gasteiger partial charge in [0.15, 0.2) is 0 Å². The van der Waals surface area contributed by atoms with Crippen LogP contribution in [0.2, 0.25) is 0 Å². The van der Waals surface area contributed by atoms with Crippen LogP contribution in [0.3, 0.4) is 0 Å². The molecule has 0 spiro atoms. The Hall–Kier alpha value is -1.26. The molecule has 180 valence electrons. The van der Waals surface area contributed by atoms with Crippen molar-refractivity contribution in [3.8, 4) is 0 Å². The van der Waals surface area contributed by atoms with E-state index in [1.807, 2.05) is 0 Å². The monoisotopic (exact) mass is 439 g/mol. The van der Waals surface area contributed by atoms with Crippen molar-refractivity contribution in [1.82, 2.24) is 0 Å². The molecule has 0 aliphatic heterocycles. The fraction of sp³-hybridized carbons (Fsp3) is 0.739. The average Bonchev–Trinajstić information content (AvgIpc) is 2.77. The van der Waals surface area contributed by atoms with E-state index in [1.54, 1.807) is 0 Å². The fourth-order valence-corrected chi connectivity index (χ4v) is 2.76. The Morgan fingerprint density at radius 2 is 1.10 bits per heavy atom. The second kappa shape index (κ2) is 20.6. The molecule has 0 atom stereocenters. The summed E-state index contributed by atoms with van der Waals surface area (Å²) in [6, 6.07) is 8.45. The summed E-state index contributed by atoms with van der Waals surface area (Å²) in [4.78, 5) is 2.27. The topological polar surface area (TPSA) is 97.0 Å². The minimum Gasteiger partial charge on any atom is -0.677 e. The highest BCUT2D eigenvalue weighted by atomic mass is 16.5. The number of nitrogens with zero attached hydrogens (tertiary/aromatic N) is 1. The molecule has 0 radical (unpaired) electrons. The van der Waals surface area contributed by atoms with Gasteiger partial charge < -0.3 is 40.1 Å². The van der Waals surface area contributed by atoms with Gasteiger partial charge in [-0.05, 0) is 37.5 Å². The predicted molar refractivity (Wildman–Crippen MR) is 125 cm³/mol. The van der Waals surface area contributed by atoms with Gasteiger partial charge >= 0.3 is 0 Å². The second-order valence-corrected chi connectivity index (χ2v) is 7.10. The average molecular weight is 440 g/mol. The summed E-state index contributed by atoms with van der Waals surface area (Å²) in [5, 5.41) is 0. The number of hydrogen-bond acceptors (Lipinski definition) is 6. The number of nitrogens with one attached hydrogen (secondary N) is 2. The van der Waals surface area contributed by atoms with Gasteiger partial charge in [-0.25, -0.2) is 0 Å². The van der Waals surface area contributed by atoms with Crippen molar-refractivity contribution in [1.29, 1.82) is 0 Å². The zero-order valence-electron chi connectivity index (χ0n) is 19.1. The smallest absolute Gasteiger partial charge is 0.0701 e. The van der Waals surface area contributed by atoms with Crippen LogP contribution in [0.5, 0.6) is 0 Å². The van der Waals surface area contributed by atoms with Gasteiger partial charge in [0, 0.05) is 32.0 Å². The zero-order valence-corrected chi connectivity index (χ0v) is 19.1. The van der Waals surface area contributed by atoms with Crippen LogP contribution in [0.1, 0.15) is 18.4 Å². The molecule has 8 heteroatoms. The SMILES string of the molecule is Cc1cccc(N(CCOCCOCCC[NH-])CCOCCOCCOCCC[NH-])c1. The van der Waals surface area contributed by atoms with Gasteiger partial charge in [-0.1, -0.05) is 12.1 Å². The summed E-state index contributed by atoms with van der Waals surface area (Å²) in [6.45, 7) is 10.3. The maximum absolute atomic E-state index is 7.09. The van der Waals surface area contributed by atoms with Gasteiger partial charge in [0.05, 0.1) is 52.9 Å². The molecule has 0 fully saturated rings. The molecular weight excluding hydrogens is 398 g/mol. The summed E-state index contributed by atoms with van der Waals surface area (Å²) in [5.74, 6) is 0. The molecule has 0 aliphatic rings. The highest BCUT2D eigenvalue weighted by Gasteiger charge is 2.07. The van der Waals surface area contributed by atoms with Gasteiger partial charge in [-0.3, -0.25) is 0 Å². The standard InChI is InChI=1S/C23H41N3O5/c1-22-5-2-6-23(21-22)26(9-13-29-17-15-27-11-3-7-24)10-14-30-18-20-31-19-16-28-12-4-8-25/h2,5-6,21,24-25H,3-4,7-20H2,1H3/q-2. The third-order valence-electron chi connectivity index (χ3n) is 4.42. The molecule has 1 aromatic carbocycles. The van der Waals surface area contributed by atoms with Crippen LogP contribution >= 0.6 is 0 Å². The molecule has 1 rings (SSSR count).